The van der Waals surface area contributed by atoms with Gasteiger partial charge in [0.2, 0.25) is 17.6 Å². The second-order valence-corrected chi connectivity index (χ2v) is 7.17. The third-order valence-corrected chi connectivity index (χ3v) is 5.06. The van der Waals surface area contributed by atoms with Gasteiger partial charge in [-0.15, -0.1) is 0 Å². The van der Waals surface area contributed by atoms with Crippen molar-refractivity contribution in [3.05, 3.63) is 65.7 Å². The highest BCUT2D eigenvalue weighted by molar-refractivity contribution is 5.96. The summed E-state index contributed by atoms with van der Waals surface area (Å²) >= 11 is 0. The van der Waals surface area contributed by atoms with Crippen molar-refractivity contribution in [1.82, 2.24) is 25.3 Å². The Labute approximate surface area is 176 Å². The predicted molar refractivity (Wildman–Crippen MR) is 105 cm³/mol. The largest absolute Gasteiger partial charge is 0.343 e. The van der Waals surface area contributed by atoms with Gasteiger partial charge in [0, 0.05) is 36.8 Å². The molecule has 3 heterocycles. The molecule has 160 valence electrons. The number of benzene rings is 1. The van der Waals surface area contributed by atoms with Crippen molar-refractivity contribution in [2.24, 2.45) is 0 Å². The number of carbonyl (C=O) groups excluding carboxylic acids is 2. The molecule has 0 aliphatic carbocycles. The predicted octanol–water partition coefficient (Wildman–Crippen LogP) is 2.55. The number of piperidine rings is 1. The Morgan fingerprint density at radius 3 is 2.55 bits per heavy atom. The number of carbonyl (C=O) groups is 2. The summed E-state index contributed by atoms with van der Waals surface area (Å²) in [5, 5.41) is 6.38. The smallest absolute Gasteiger partial charge is 0.251 e. The van der Waals surface area contributed by atoms with Crippen LogP contribution >= 0.6 is 0 Å². The molecule has 31 heavy (non-hydrogen) atoms. The van der Waals surface area contributed by atoms with Gasteiger partial charge in [-0.1, -0.05) is 11.2 Å². The lowest BCUT2D eigenvalue weighted by Gasteiger charge is -2.30. The van der Waals surface area contributed by atoms with Crippen LogP contribution in [-0.2, 0) is 4.79 Å². The van der Waals surface area contributed by atoms with Crippen LogP contribution in [0.3, 0.4) is 0 Å². The summed E-state index contributed by atoms with van der Waals surface area (Å²) in [7, 11) is 0. The highest BCUT2D eigenvalue weighted by atomic mass is 19.1. The van der Waals surface area contributed by atoms with E-state index in [1.807, 2.05) is 6.07 Å². The van der Waals surface area contributed by atoms with Gasteiger partial charge < -0.3 is 14.7 Å². The number of hydrogen-bond donors (Lipinski definition) is 1. The van der Waals surface area contributed by atoms with Crippen LogP contribution in [0, 0.1) is 11.6 Å². The van der Waals surface area contributed by atoms with E-state index in [0.29, 0.717) is 49.4 Å². The molecule has 3 aromatic rings. The number of nitrogens with one attached hydrogen (secondary N) is 1. The molecule has 1 aliphatic rings. The number of pyridine rings is 1. The summed E-state index contributed by atoms with van der Waals surface area (Å²) in [6.07, 6.45) is 2.93. The average molecular weight is 427 g/mol. The fraction of sp³-hybridized carbons (Fsp3) is 0.286. The Morgan fingerprint density at radius 1 is 1.13 bits per heavy atom. The maximum atomic E-state index is 13.2. The van der Waals surface area contributed by atoms with Gasteiger partial charge in [0.05, 0.1) is 6.54 Å². The highest BCUT2D eigenvalue weighted by Gasteiger charge is 2.28. The standard InChI is InChI=1S/C21H19F2N5O3/c22-15-9-14(10-16(23)11-15)20(30)25-12-18(29)28-7-4-13(5-8-28)21-26-19(27-31-21)17-3-1-2-6-24-17/h1-3,6,9-11,13H,4-5,7-8,12H2,(H,25,30). The highest BCUT2D eigenvalue weighted by Crippen LogP contribution is 2.28. The molecule has 2 aromatic heterocycles. The number of amides is 2. The molecule has 4 rings (SSSR count). The van der Waals surface area contributed by atoms with Crippen molar-refractivity contribution in [1.29, 1.82) is 0 Å². The molecule has 1 N–H and O–H groups in total. The van der Waals surface area contributed by atoms with E-state index in [-0.39, 0.29) is 23.9 Å². The normalized spacial score (nSPS) is 14.5. The molecule has 1 aromatic carbocycles. The fourth-order valence-electron chi connectivity index (χ4n) is 3.43. The van der Waals surface area contributed by atoms with Gasteiger partial charge in [-0.25, -0.2) is 8.78 Å². The summed E-state index contributed by atoms with van der Waals surface area (Å²) in [5.41, 5.74) is 0.447. The van der Waals surface area contributed by atoms with Crippen molar-refractivity contribution in [3.63, 3.8) is 0 Å². The first-order chi connectivity index (χ1) is 15.0. The van der Waals surface area contributed by atoms with E-state index >= 15 is 0 Å². The molecule has 8 nitrogen and oxygen atoms in total. The van der Waals surface area contributed by atoms with E-state index < -0.39 is 17.5 Å². The Hall–Kier alpha value is -3.69. The van der Waals surface area contributed by atoms with Crippen molar-refractivity contribution < 1.29 is 22.9 Å². The molecular formula is C21H19F2N5O3. The maximum absolute atomic E-state index is 13.2. The second kappa shape index (κ2) is 8.99. The number of nitrogens with zero attached hydrogens (tertiary/aromatic N) is 4. The van der Waals surface area contributed by atoms with Crippen LogP contribution in [0.25, 0.3) is 11.5 Å². The van der Waals surface area contributed by atoms with E-state index in [0.717, 1.165) is 12.1 Å². The van der Waals surface area contributed by atoms with Gasteiger partial charge in [0.1, 0.15) is 17.3 Å². The summed E-state index contributed by atoms with van der Waals surface area (Å²) in [6, 6.07) is 7.94. The number of rotatable bonds is 5. The SMILES string of the molecule is O=C(NCC(=O)N1CCC(c2nc(-c3ccccn3)no2)CC1)c1cc(F)cc(F)c1. The summed E-state index contributed by atoms with van der Waals surface area (Å²) in [5.74, 6) is -1.74. The van der Waals surface area contributed by atoms with Crippen LogP contribution < -0.4 is 5.32 Å². The monoisotopic (exact) mass is 427 g/mol. The van der Waals surface area contributed by atoms with Crippen LogP contribution in [0.1, 0.15) is 35.0 Å². The number of hydrogen-bond acceptors (Lipinski definition) is 6. The Balaban J connectivity index is 1.28. The first-order valence-corrected chi connectivity index (χ1v) is 9.76. The molecule has 0 saturated carbocycles. The van der Waals surface area contributed by atoms with Crippen LogP contribution in [-0.4, -0.2) is 51.5 Å². The van der Waals surface area contributed by atoms with Gasteiger partial charge in [-0.05, 0) is 37.1 Å². The molecule has 0 radical (unpaired) electrons. The Bertz CT molecular complexity index is 1060. The van der Waals surface area contributed by atoms with Crippen LogP contribution in [0.2, 0.25) is 0 Å². The number of halogens is 2. The summed E-state index contributed by atoms with van der Waals surface area (Å²) in [6.45, 7) is 0.677. The van der Waals surface area contributed by atoms with E-state index in [9.17, 15) is 18.4 Å². The molecule has 0 unspecified atom stereocenters. The zero-order chi connectivity index (χ0) is 21.8. The van der Waals surface area contributed by atoms with Crippen molar-refractivity contribution in [2.45, 2.75) is 18.8 Å². The molecule has 0 bridgehead atoms. The molecular weight excluding hydrogens is 408 g/mol. The Kier molecular flexibility index (Phi) is 5.96. The molecule has 2 amide bonds. The first-order valence-electron chi connectivity index (χ1n) is 9.76. The van der Waals surface area contributed by atoms with E-state index in [1.54, 1.807) is 23.2 Å². The fourth-order valence-corrected chi connectivity index (χ4v) is 3.43. The maximum Gasteiger partial charge on any atom is 0.251 e. The molecule has 1 saturated heterocycles. The molecule has 0 atom stereocenters. The molecule has 1 fully saturated rings. The molecule has 0 spiro atoms. The lowest BCUT2D eigenvalue weighted by Crippen LogP contribution is -2.43. The van der Waals surface area contributed by atoms with E-state index in [1.165, 1.54) is 0 Å². The van der Waals surface area contributed by atoms with E-state index in [4.69, 9.17) is 4.52 Å². The third-order valence-electron chi connectivity index (χ3n) is 5.06. The van der Waals surface area contributed by atoms with Gasteiger partial charge in [-0.2, -0.15) is 4.98 Å². The molecule has 10 heteroatoms. The van der Waals surface area contributed by atoms with E-state index in [2.05, 4.69) is 20.4 Å². The Morgan fingerprint density at radius 2 is 1.87 bits per heavy atom. The van der Waals surface area contributed by atoms with Gasteiger partial charge in [-0.3, -0.25) is 14.6 Å². The number of aromatic nitrogens is 3. The lowest BCUT2D eigenvalue weighted by atomic mass is 9.96. The van der Waals surface area contributed by atoms with Crippen LogP contribution in [0.5, 0.6) is 0 Å². The topological polar surface area (TPSA) is 101 Å². The van der Waals surface area contributed by atoms with Crippen molar-refractivity contribution in [3.8, 4) is 11.5 Å². The van der Waals surface area contributed by atoms with Crippen molar-refractivity contribution >= 4 is 11.8 Å². The minimum atomic E-state index is -0.856. The minimum absolute atomic E-state index is 0.0267. The quantitative estimate of drug-likeness (QED) is 0.672. The number of likely N-dealkylation sites (tertiary alicyclic amines) is 1. The summed E-state index contributed by atoms with van der Waals surface area (Å²) in [4.78, 5) is 34.7. The van der Waals surface area contributed by atoms with Gasteiger partial charge in [0.25, 0.3) is 5.91 Å². The first kappa shape index (κ1) is 20.6. The average Bonchev–Trinajstić information content (AvgIpc) is 3.27. The van der Waals surface area contributed by atoms with Crippen LogP contribution in [0.4, 0.5) is 8.78 Å². The van der Waals surface area contributed by atoms with Crippen LogP contribution in [0.15, 0.2) is 47.1 Å². The minimum Gasteiger partial charge on any atom is -0.343 e. The zero-order valence-corrected chi connectivity index (χ0v) is 16.4. The molecule has 1 aliphatic heterocycles. The van der Waals surface area contributed by atoms with Gasteiger partial charge >= 0.3 is 0 Å². The zero-order valence-electron chi connectivity index (χ0n) is 16.4. The lowest BCUT2D eigenvalue weighted by molar-refractivity contribution is -0.131. The van der Waals surface area contributed by atoms with Crippen molar-refractivity contribution in [2.75, 3.05) is 19.6 Å². The van der Waals surface area contributed by atoms with Gasteiger partial charge in [0.15, 0.2) is 0 Å². The summed E-state index contributed by atoms with van der Waals surface area (Å²) < 4.78 is 31.9. The third kappa shape index (κ3) is 4.90. The second-order valence-electron chi connectivity index (χ2n) is 7.17.